The van der Waals surface area contributed by atoms with Gasteiger partial charge in [0.1, 0.15) is 0 Å². The minimum absolute atomic E-state index is 0.108. The maximum atomic E-state index is 9.78. The normalized spacial score (nSPS) is 14.0. The van der Waals surface area contributed by atoms with Crippen molar-refractivity contribution in [2.75, 3.05) is 6.54 Å². The molecule has 0 saturated heterocycles. The van der Waals surface area contributed by atoms with Gasteiger partial charge in [-0.25, -0.2) is 0 Å². The highest BCUT2D eigenvalue weighted by molar-refractivity contribution is 5.35. The Morgan fingerprint density at radius 3 is 2.40 bits per heavy atom. The van der Waals surface area contributed by atoms with Gasteiger partial charge < -0.3 is 10.8 Å². The SMILES string of the molecule is Cc1ccc(C(C)(C)C)cc1C(O)CN. The molecule has 1 unspecified atom stereocenters. The van der Waals surface area contributed by atoms with E-state index >= 15 is 0 Å². The fourth-order valence-corrected chi connectivity index (χ4v) is 1.59. The highest BCUT2D eigenvalue weighted by Crippen LogP contribution is 2.26. The molecule has 0 bridgehead atoms. The molecule has 0 amide bonds. The molecule has 0 saturated carbocycles. The molecule has 0 spiro atoms. The van der Waals surface area contributed by atoms with Crippen LogP contribution in [0.2, 0.25) is 0 Å². The number of aryl methyl sites for hydroxylation is 1. The molecular formula is C13H21NO. The number of benzene rings is 1. The van der Waals surface area contributed by atoms with Crippen molar-refractivity contribution in [1.82, 2.24) is 0 Å². The summed E-state index contributed by atoms with van der Waals surface area (Å²) in [5.74, 6) is 0. The molecular weight excluding hydrogens is 186 g/mol. The molecule has 0 fully saturated rings. The van der Waals surface area contributed by atoms with Crippen molar-refractivity contribution in [3.05, 3.63) is 34.9 Å². The lowest BCUT2D eigenvalue weighted by atomic mass is 9.84. The third kappa shape index (κ3) is 2.80. The molecule has 84 valence electrons. The first-order chi connectivity index (χ1) is 6.86. The smallest absolute Gasteiger partial charge is 0.0914 e. The van der Waals surface area contributed by atoms with E-state index in [1.54, 1.807) is 0 Å². The molecule has 1 aromatic carbocycles. The largest absolute Gasteiger partial charge is 0.387 e. The Labute approximate surface area is 92.1 Å². The highest BCUT2D eigenvalue weighted by atomic mass is 16.3. The molecule has 0 aliphatic carbocycles. The summed E-state index contributed by atoms with van der Waals surface area (Å²) >= 11 is 0. The zero-order chi connectivity index (χ0) is 11.6. The molecule has 3 N–H and O–H groups in total. The van der Waals surface area contributed by atoms with Crippen molar-refractivity contribution < 1.29 is 5.11 Å². The van der Waals surface area contributed by atoms with Gasteiger partial charge in [-0.3, -0.25) is 0 Å². The molecule has 1 aromatic rings. The van der Waals surface area contributed by atoms with E-state index in [1.807, 2.05) is 6.92 Å². The van der Waals surface area contributed by atoms with Crippen LogP contribution in [0, 0.1) is 6.92 Å². The predicted molar refractivity (Wildman–Crippen MR) is 63.9 cm³/mol. The number of aliphatic hydroxyl groups is 1. The molecule has 0 radical (unpaired) electrons. The van der Waals surface area contributed by atoms with Crippen LogP contribution in [0.3, 0.4) is 0 Å². The number of rotatable bonds is 2. The topological polar surface area (TPSA) is 46.2 Å². The van der Waals surface area contributed by atoms with Crippen molar-refractivity contribution in [3.63, 3.8) is 0 Å². The molecule has 0 aliphatic rings. The number of hydrogen-bond donors (Lipinski definition) is 2. The summed E-state index contributed by atoms with van der Waals surface area (Å²) in [6.45, 7) is 8.76. The Morgan fingerprint density at radius 1 is 1.33 bits per heavy atom. The van der Waals surface area contributed by atoms with Gasteiger partial charge in [0.2, 0.25) is 0 Å². The van der Waals surface area contributed by atoms with Crippen LogP contribution in [0.15, 0.2) is 18.2 Å². The zero-order valence-corrected chi connectivity index (χ0v) is 10.0. The maximum absolute atomic E-state index is 9.78. The van der Waals surface area contributed by atoms with Crippen LogP contribution in [-0.2, 0) is 5.41 Å². The quantitative estimate of drug-likeness (QED) is 0.781. The standard InChI is InChI=1S/C13H21NO/c1-9-5-6-10(13(2,3)4)7-11(9)12(15)8-14/h5-7,12,15H,8,14H2,1-4H3. The Kier molecular flexibility index (Phi) is 3.53. The van der Waals surface area contributed by atoms with E-state index in [4.69, 9.17) is 5.73 Å². The Hall–Kier alpha value is -0.860. The summed E-state index contributed by atoms with van der Waals surface area (Å²) < 4.78 is 0. The van der Waals surface area contributed by atoms with Gasteiger partial charge in [-0.05, 0) is 29.0 Å². The van der Waals surface area contributed by atoms with Crippen LogP contribution in [0.5, 0.6) is 0 Å². The third-order valence-corrected chi connectivity index (χ3v) is 2.73. The predicted octanol–water partition coefficient (Wildman–Crippen LogP) is 2.28. The van der Waals surface area contributed by atoms with E-state index in [1.165, 1.54) is 5.56 Å². The molecule has 2 nitrogen and oxygen atoms in total. The summed E-state index contributed by atoms with van der Waals surface area (Å²) in [6, 6.07) is 6.23. The lowest BCUT2D eigenvalue weighted by Gasteiger charge is -2.22. The van der Waals surface area contributed by atoms with Gasteiger partial charge >= 0.3 is 0 Å². The van der Waals surface area contributed by atoms with Gasteiger partial charge in [-0.15, -0.1) is 0 Å². The second kappa shape index (κ2) is 4.33. The highest BCUT2D eigenvalue weighted by Gasteiger charge is 2.16. The Morgan fingerprint density at radius 2 is 1.93 bits per heavy atom. The fourth-order valence-electron chi connectivity index (χ4n) is 1.59. The van der Waals surface area contributed by atoms with E-state index in [-0.39, 0.29) is 12.0 Å². The Balaban J connectivity index is 3.17. The third-order valence-electron chi connectivity index (χ3n) is 2.73. The molecule has 1 atom stereocenters. The first kappa shape index (κ1) is 12.2. The van der Waals surface area contributed by atoms with Crippen LogP contribution < -0.4 is 5.73 Å². The minimum Gasteiger partial charge on any atom is -0.387 e. The van der Waals surface area contributed by atoms with Crippen molar-refractivity contribution in [2.24, 2.45) is 5.73 Å². The van der Waals surface area contributed by atoms with Gasteiger partial charge in [0.25, 0.3) is 0 Å². The van der Waals surface area contributed by atoms with Crippen molar-refractivity contribution in [1.29, 1.82) is 0 Å². The average molecular weight is 207 g/mol. The summed E-state index contributed by atoms with van der Waals surface area (Å²) in [6.07, 6.45) is -0.549. The van der Waals surface area contributed by atoms with Gasteiger partial charge in [0.15, 0.2) is 0 Å². The monoisotopic (exact) mass is 207 g/mol. The second-order valence-electron chi connectivity index (χ2n) is 5.07. The summed E-state index contributed by atoms with van der Waals surface area (Å²) in [4.78, 5) is 0. The van der Waals surface area contributed by atoms with Crippen LogP contribution >= 0.6 is 0 Å². The van der Waals surface area contributed by atoms with Gasteiger partial charge in [0.05, 0.1) is 6.10 Å². The van der Waals surface area contributed by atoms with Crippen LogP contribution in [-0.4, -0.2) is 11.7 Å². The zero-order valence-electron chi connectivity index (χ0n) is 10.0. The molecule has 0 aliphatic heterocycles. The molecule has 2 heteroatoms. The van der Waals surface area contributed by atoms with E-state index in [2.05, 4.69) is 39.0 Å². The van der Waals surface area contributed by atoms with Crippen LogP contribution in [0.4, 0.5) is 0 Å². The summed E-state index contributed by atoms with van der Waals surface area (Å²) in [7, 11) is 0. The van der Waals surface area contributed by atoms with Crippen molar-refractivity contribution in [2.45, 2.75) is 39.2 Å². The lowest BCUT2D eigenvalue weighted by Crippen LogP contribution is -2.16. The minimum atomic E-state index is -0.549. The second-order valence-corrected chi connectivity index (χ2v) is 5.07. The molecule has 0 aromatic heterocycles. The van der Waals surface area contributed by atoms with Crippen LogP contribution in [0.1, 0.15) is 43.6 Å². The first-order valence-corrected chi connectivity index (χ1v) is 5.35. The van der Waals surface area contributed by atoms with Gasteiger partial charge in [0, 0.05) is 6.54 Å². The van der Waals surface area contributed by atoms with Gasteiger partial charge in [-0.2, -0.15) is 0 Å². The summed E-state index contributed by atoms with van der Waals surface area (Å²) in [5.41, 5.74) is 8.87. The Bertz CT molecular complexity index is 339. The fraction of sp³-hybridized carbons (Fsp3) is 0.538. The maximum Gasteiger partial charge on any atom is 0.0914 e. The molecule has 15 heavy (non-hydrogen) atoms. The number of hydrogen-bond acceptors (Lipinski definition) is 2. The number of nitrogens with two attached hydrogens (primary N) is 1. The van der Waals surface area contributed by atoms with E-state index in [9.17, 15) is 5.11 Å². The average Bonchev–Trinajstić information content (AvgIpc) is 2.15. The van der Waals surface area contributed by atoms with E-state index in [0.717, 1.165) is 11.1 Å². The van der Waals surface area contributed by atoms with Crippen LogP contribution in [0.25, 0.3) is 0 Å². The van der Waals surface area contributed by atoms with E-state index in [0.29, 0.717) is 0 Å². The molecule has 1 rings (SSSR count). The number of aliphatic hydroxyl groups excluding tert-OH is 1. The first-order valence-electron chi connectivity index (χ1n) is 5.35. The lowest BCUT2D eigenvalue weighted by molar-refractivity contribution is 0.186. The van der Waals surface area contributed by atoms with E-state index < -0.39 is 6.10 Å². The van der Waals surface area contributed by atoms with Crippen molar-refractivity contribution >= 4 is 0 Å². The molecule has 0 heterocycles. The van der Waals surface area contributed by atoms with Gasteiger partial charge in [-0.1, -0.05) is 39.0 Å². The van der Waals surface area contributed by atoms with Crippen molar-refractivity contribution in [3.8, 4) is 0 Å². The summed E-state index contributed by atoms with van der Waals surface area (Å²) in [5, 5.41) is 9.78.